The second-order valence-corrected chi connectivity index (χ2v) is 5.36. The summed E-state index contributed by atoms with van der Waals surface area (Å²) in [5, 5.41) is 6.09. The summed E-state index contributed by atoms with van der Waals surface area (Å²) in [5.41, 5.74) is 3.87. The van der Waals surface area contributed by atoms with Crippen LogP contribution < -0.4 is 5.32 Å². The predicted molar refractivity (Wildman–Crippen MR) is 83.1 cm³/mol. The Bertz CT molecular complexity index is 759. The zero-order valence-corrected chi connectivity index (χ0v) is 11.2. The fourth-order valence-electron chi connectivity index (χ4n) is 3.10. The van der Waals surface area contributed by atoms with Gasteiger partial charge in [0.15, 0.2) is 0 Å². The van der Waals surface area contributed by atoms with E-state index >= 15 is 0 Å². The van der Waals surface area contributed by atoms with E-state index in [0.29, 0.717) is 5.92 Å². The lowest BCUT2D eigenvalue weighted by Gasteiger charge is -2.26. The van der Waals surface area contributed by atoms with Gasteiger partial charge in [-0.1, -0.05) is 42.5 Å². The fourth-order valence-corrected chi connectivity index (χ4v) is 3.10. The average molecular weight is 260 g/mol. The van der Waals surface area contributed by atoms with Crippen LogP contribution in [-0.2, 0) is 6.42 Å². The van der Waals surface area contributed by atoms with E-state index in [2.05, 4.69) is 64.9 Å². The highest BCUT2D eigenvalue weighted by Gasteiger charge is 2.21. The first-order valence-electron chi connectivity index (χ1n) is 7.07. The number of fused-ring (bicyclic) bond motifs is 2. The molecule has 2 nitrogen and oxygen atoms in total. The van der Waals surface area contributed by atoms with Gasteiger partial charge in [0.1, 0.15) is 0 Å². The Labute approximate surface area is 118 Å². The summed E-state index contributed by atoms with van der Waals surface area (Å²) in [6.45, 7) is 0.956. The lowest BCUT2D eigenvalue weighted by Crippen LogP contribution is -2.22. The maximum Gasteiger partial charge on any atom is 0.0533 e. The summed E-state index contributed by atoms with van der Waals surface area (Å²) in [7, 11) is 0. The average Bonchev–Trinajstić information content (AvgIpc) is 2.54. The maximum absolute atomic E-state index is 4.66. The van der Waals surface area contributed by atoms with Gasteiger partial charge in [0.25, 0.3) is 0 Å². The van der Waals surface area contributed by atoms with Crippen LogP contribution in [0.4, 0.5) is 5.69 Å². The summed E-state index contributed by atoms with van der Waals surface area (Å²) < 4.78 is 0. The molecule has 1 N–H and O–H groups in total. The largest absolute Gasteiger partial charge is 0.384 e. The second-order valence-electron chi connectivity index (χ2n) is 5.36. The molecule has 20 heavy (non-hydrogen) atoms. The van der Waals surface area contributed by atoms with Crippen molar-refractivity contribution in [1.82, 2.24) is 4.98 Å². The van der Waals surface area contributed by atoms with Crippen LogP contribution >= 0.6 is 0 Å². The number of hydrogen-bond donors (Lipinski definition) is 1. The molecule has 1 aliphatic rings. The van der Waals surface area contributed by atoms with Crippen LogP contribution in [0.15, 0.2) is 60.8 Å². The molecule has 0 amide bonds. The normalized spacial score (nSPS) is 17.5. The lowest BCUT2D eigenvalue weighted by molar-refractivity contribution is 0.680. The number of anilines is 1. The van der Waals surface area contributed by atoms with E-state index in [1.165, 1.54) is 27.7 Å². The third kappa shape index (κ3) is 1.85. The van der Waals surface area contributed by atoms with E-state index in [0.717, 1.165) is 13.0 Å². The first-order chi connectivity index (χ1) is 9.92. The van der Waals surface area contributed by atoms with Crippen molar-refractivity contribution in [3.8, 4) is 0 Å². The molecule has 2 heteroatoms. The molecule has 0 fully saturated rings. The Morgan fingerprint density at radius 2 is 1.80 bits per heavy atom. The molecule has 4 rings (SSSR count). The highest BCUT2D eigenvalue weighted by atomic mass is 14.9. The topological polar surface area (TPSA) is 24.9 Å². The van der Waals surface area contributed by atoms with E-state index in [4.69, 9.17) is 0 Å². The number of nitrogens with one attached hydrogen (secondary N) is 1. The molecular weight excluding hydrogens is 244 g/mol. The molecule has 1 aromatic heterocycles. The van der Waals surface area contributed by atoms with Crippen LogP contribution in [0, 0.1) is 0 Å². The van der Waals surface area contributed by atoms with Gasteiger partial charge in [0, 0.05) is 29.7 Å². The summed E-state index contributed by atoms with van der Waals surface area (Å²) in [6.07, 6.45) is 2.99. The molecule has 1 atom stereocenters. The van der Waals surface area contributed by atoms with Gasteiger partial charge in [-0.05, 0) is 29.5 Å². The summed E-state index contributed by atoms with van der Waals surface area (Å²) in [6, 6.07) is 19.2. The van der Waals surface area contributed by atoms with E-state index in [-0.39, 0.29) is 0 Å². The fraction of sp³-hybridized carbons (Fsp3) is 0.167. The molecule has 3 aromatic rings. The molecule has 0 saturated heterocycles. The zero-order valence-electron chi connectivity index (χ0n) is 11.2. The van der Waals surface area contributed by atoms with Crippen LogP contribution in [-0.4, -0.2) is 11.5 Å². The Kier molecular flexibility index (Phi) is 2.66. The highest BCUT2D eigenvalue weighted by Crippen LogP contribution is 2.32. The van der Waals surface area contributed by atoms with Crippen LogP contribution in [0.5, 0.6) is 0 Å². The van der Waals surface area contributed by atoms with Crippen molar-refractivity contribution >= 4 is 16.5 Å². The van der Waals surface area contributed by atoms with Gasteiger partial charge < -0.3 is 5.32 Å². The molecule has 2 aromatic carbocycles. The number of nitrogens with zero attached hydrogens (tertiary/aromatic N) is 1. The van der Waals surface area contributed by atoms with Gasteiger partial charge in [-0.15, -0.1) is 0 Å². The minimum absolute atomic E-state index is 0.441. The van der Waals surface area contributed by atoms with Gasteiger partial charge in [0.05, 0.1) is 5.69 Å². The Morgan fingerprint density at radius 1 is 0.950 bits per heavy atom. The van der Waals surface area contributed by atoms with Gasteiger partial charge in [-0.3, -0.25) is 4.98 Å². The molecule has 0 saturated carbocycles. The second kappa shape index (κ2) is 4.64. The van der Waals surface area contributed by atoms with Crippen molar-refractivity contribution < 1.29 is 0 Å². The Balaban J connectivity index is 1.78. The highest BCUT2D eigenvalue weighted by molar-refractivity contribution is 5.85. The smallest absolute Gasteiger partial charge is 0.0533 e. The van der Waals surface area contributed by atoms with E-state index in [1.807, 2.05) is 6.20 Å². The third-order valence-corrected chi connectivity index (χ3v) is 4.11. The SMILES string of the molecule is c1ccc2c(c1)CC(c1nccc3ccccc13)CN2. The van der Waals surface area contributed by atoms with Crippen molar-refractivity contribution in [3.05, 3.63) is 72.1 Å². The first-order valence-corrected chi connectivity index (χ1v) is 7.07. The van der Waals surface area contributed by atoms with Crippen LogP contribution in [0.25, 0.3) is 10.8 Å². The molecule has 0 aliphatic carbocycles. The third-order valence-electron chi connectivity index (χ3n) is 4.11. The molecule has 2 heterocycles. The molecule has 1 unspecified atom stereocenters. The minimum Gasteiger partial charge on any atom is -0.384 e. The Morgan fingerprint density at radius 3 is 2.80 bits per heavy atom. The maximum atomic E-state index is 4.66. The van der Waals surface area contributed by atoms with Crippen molar-refractivity contribution in [2.75, 3.05) is 11.9 Å². The quantitative estimate of drug-likeness (QED) is 0.715. The molecule has 0 radical (unpaired) electrons. The van der Waals surface area contributed by atoms with Crippen molar-refractivity contribution in [1.29, 1.82) is 0 Å². The van der Waals surface area contributed by atoms with E-state index in [9.17, 15) is 0 Å². The van der Waals surface area contributed by atoms with Gasteiger partial charge in [-0.2, -0.15) is 0 Å². The summed E-state index contributed by atoms with van der Waals surface area (Å²) in [5.74, 6) is 0.441. The molecule has 0 bridgehead atoms. The zero-order chi connectivity index (χ0) is 13.4. The van der Waals surface area contributed by atoms with Crippen LogP contribution in [0.1, 0.15) is 17.2 Å². The molecule has 1 aliphatic heterocycles. The van der Waals surface area contributed by atoms with Crippen molar-refractivity contribution in [2.24, 2.45) is 0 Å². The number of para-hydroxylation sites is 1. The first kappa shape index (κ1) is 11.5. The molecule has 0 spiro atoms. The summed E-state index contributed by atoms with van der Waals surface area (Å²) >= 11 is 0. The van der Waals surface area contributed by atoms with E-state index < -0.39 is 0 Å². The minimum atomic E-state index is 0.441. The molecular formula is C18H16N2. The predicted octanol–water partition coefficient (Wildman–Crippen LogP) is 3.99. The lowest BCUT2D eigenvalue weighted by atomic mass is 9.89. The number of benzene rings is 2. The van der Waals surface area contributed by atoms with Gasteiger partial charge in [0.2, 0.25) is 0 Å². The van der Waals surface area contributed by atoms with E-state index in [1.54, 1.807) is 0 Å². The summed E-state index contributed by atoms with van der Waals surface area (Å²) in [4.78, 5) is 4.66. The monoisotopic (exact) mass is 260 g/mol. The number of pyridine rings is 1. The number of rotatable bonds is 1. The number of aromatic nitrogens is 1. The number of hydrogen-bond acceptors (Lipinski definition) is 2. The van der Waals surface area contributed by atoms with Crippen molar-refractivity contribution in [2.45, 2.75) is 12.3 Å². The van der Waals surface area contributed by atoms with Gasteiger partial charge in [-0.25, -0.2) is 0 Å². The standard InChI is InChI=1S/C18H16N2/c1-3-7-16-13(5-1)9-10-19-18(16)15-11-14-6-2-4-8-17(14)20-12-15/h1-10,15,20H,11-12H2. The van der Waals surface area contributed by atoms with Crippen molar-refractivity contribution in [3.63, 3.8) is 0 Å². The van der Waals surface area contributed by atoms with Crippen LogP contribution in [0.3, 0.4) is 0 Å². The van der Waals surface area contributed by atoms with Gasteiger partial charge >= 0.3 is 0 Å². The Hall–Kier alpha value is -2.35. The molecule has 98 valence electrons. The van der Waals surface area contributed by atoms with Crippen LogP contribution in [0.2, 0.25) is 0 Å².